The second-order valence-corrected chi connectivity index (χ2v) is 7.03. The van der Waals surface area contributed by atoms with E-state index in [9.17, 15) is 9.59 Å². The number of thioether (sulfide) groups is 1. The Balaban J connectivity index is 2.60. The Hall–Kier alpha value is -2.19. The van der Waals surface area contributed by atoms with E-state index < -0.39 is 11.9 Å². The van der Waals surface area contributed by atoms with Crippen molar-refractivity contribution < 1.29 is 23.8 Å². The Morgan fingerprint density at radius 1 is 1.12 bits per heavy atom. The molecule has 1 heterocycles. The lowest BCUT2D eigenvalue weighted by Gasteiger charge is -2.13. The van der Waals surface area contributed by atoms with Gasteiger partial charge in [-0.05, 0) is 32.2 Å². The third-order valence-electron chi connectivity index (χ3n) is 3.37. The highest BCUT2D eigenvalue weighted by Crippen LogP contribution is 2.42. The van der Waals surface area contributed by atoms with Crippen molar-refractivity contribution in [3.8, 4) is 5.75 Å². The maximum absolute atomic E-state index is 12.5. The maximum Gasteiger partial charge on any atom is 0.350 e. The minimum absolute atomic E-state index is 0.241. The van der Waals surface area contributed by atoms with Crippen LogP contribution in [0, 0.1) is 0 Å². The molecule has 1 N–H and O–H groups in total. The Kier molecular flexibility index (Phi) is 7.35. The number of methoxy groups -OCH3 is 1. The summed E-state index contributed by atoms with van der Waals surface area (Å²) in [5.41, 5.74) is 1.34. The molecule has 0 amide bonds. The molecule has 0 fully saturated rings. The quantitative estimate of drug-likeness (QED) is 0.518. The number of thiophene rings is 1. The van der Waals surface area contributed by atoms with E-state index in [0.29, 0.717) is 31.8 Å². The van der Waals surface area contributed by atoms with Crippen molar-refractivity contribution >= 4 is 46.4 Å². The number of nitrogens with one attached hydrogen (secondary N) is 1. The number of carbonyl (C=O) groups excluding carboxylic acids is 2. The molecule has 0 aliphatic rings. The van der Waals surface area contributed by atoms with Crippen LogP contribution in [-0.2, 0) is 9.47 Å². The van der Waals surface area contributed by atoms with Gasteiger partial charge in [-0.25, -0.2) is 9.59 Å². The molecule has 0 saturated carbocycles. The zero-order valence-corrected chi connectivity index (χ0v) is 16.7. The highest BCUT2D eigenvalue weighted by molar-refractivity contribution is 8.00. The number of ether oxygens (including phenoxy) is 3. The fraction of sp³-hybridized carbons (Fsp3) is 0.333. The predicted molar refractivity (Wildman–Crippen MR) is 104 cm³/mol. The fourth-order valence-corrected chi connectivity index (χ4v) is 4.13. The normalized spacial score (nSPS) is 10.3. The van der Waals surface area contributed by atoms with E-state index in [-0.39, 0.29) is 13.2 Å². The van der Waals surface area contributed by atoms with Crippen LogP contribution in [0.3, 0.4) is 0 Å². The second-order valence-electron chi connectivity index (χ2n) is 4.94. The molecule has 6 nitrogen and oxygen atoms in total. The Morgan fingerprint density at radius 3 is 2.38 bits per heavy atom. The molecule has 0 bridgehead atoms. The van der Waals surface area contributed by atoms with E-state index in [1.165, 1.54) is 23.1 Å². The van der Waals surface area contributed by atoms with Crippen LogP contribution in [0.4, 0.5) is 11.4 Å². The molecule has 0 unspecified atom stereocenters. The Bertz CT molecular complexity index is 788. The minimum atomic E-state index is -0.485. The highest BCUT2D eigenvalue weighted by Gasteiger charge is 2.29. The summed E-state index contributed by atoms with van der Waals surface area (Å²) in [5, 5.41) is 3.16. The summed E-state index contributed by atoms with van der Waals surface area (Å²) >= 11 is 2.58. The lowest BCUT2D eigenvalue weighted by atomic mass is 10.2. The molecule has 8 heteroatoms. The number of anilines is 2. The largest absolute Gasteiger partial charge is 0.495 e. The topological polar surface area (TPSA) is 73.9 Å². The van der Waals surface area contributed by atoms with Gasteiger partial charge in [0.2, 0.25) is 0 Å². The van der Waals surface area contributed by atoms with Gasteiger partial charge in [0.15, 0.2) is 0 Å². The van der Waals surface area contributed by atoms with E-state index in [1.807, 2.05) is 18.4 Å². The molecule has 0 atom stereocenters. The number of hydrogen-bond acceptors (Lipinski definition) is 8. The lowest BCUT2D eigenvalue weighted by Crippen LogP contribution is -2.10. The first-order valence-electron chi connectivity index (χ1n) is 8.02. The summed E-state index contributed by atoms with van der Waals surface area (Å²) in [6.07, 6.45) is 1.84. The van der Waals surface area contributed by atoms with Crippen LogP contribution < -0.4 is 10.1 Å². The molecule has 0 aliphatic heterocycles. The number of rotatable bonds is 8. The van der Waals surface area contributed by atoms with E-state index in [2.05, 4.69) is 5.32 Å². The van der Waals surface area contributed by atoms with E-state index in [4.69, 9.17) is 14.2 Å². The standard InChI is InChI=1S/C18H21NO5S2/c1-5-23-16(20)13-14(19-11-9-7-8-10-12(11)22-3)15(17(21)24-6-2)26-18(13)25-4/h7-10,19H,5-6H2,1-4H3. The van der Waals surface area contributed by atoms with Gasteiger partial charge in [0.25, 0.3) is 0 Å². The summed E-state index contributed by atoms with van der Waals surface area (Å²) in [6.45, 7) is 3.96. The SMILES string of the molecule is CCOC(=O)c1sc(SC)c(C(=O)OCC)c1Nc1ccccc1OC. The minimum Gasteiger partial charge on any atom is -0.495 e. The highest BCUT2D eigenvalue weighted by atomic mass is 32.2. The number of esters is 2. The first-order chi connectivity index (χ1) is 12.6. The van der Waals surface area contributed by atoms with E-state index in [1.54, 1.807) is 33.1 Å². The molecule has 140 valence electrons. The molecule has 0 aliphatic carbocycles. The maximum atomic E-state index is 12.5. The van der Waals surface area contributed by atoms with Crippen molar-refractivity contribution in [1.82, 2.24) is 0 Å². The van der Waals surface area contributed by atoms with Gasteiger partial charge in [0.05, 0.1) is 35.9 Å². The van der Waals surface area contributed by atoms with Crippen LogP contribution >= 0.6 is 23.1 Å². The van der Waals surface area contributed by atoms with Gasteiger partial charge in [0.1, 0.15) is 16.2 Å². The van der Waals surface area contributed by atoms with Crippen molar-refractivity contribution in [2.45, 2.75) is 18.1 Å². The molecule has 0 radical (unpaired) electrons. The van der Waals surface area contributed by atoms with Crippen LogP contribution in [0.1, 0.15) is 33.9 Å². The van der Waals surface area contributed by atoms with Crippen LogP contribution in [0.2, 0.25) is 0 Å². The number of para-hydroxylation sites is 2. The molecular formula is C18H21NO5S2. The number of carbonyl (C=O) groups is 2. The van der Waals surface area contributed by atoms with Gasteiger partial charge in [-0.2, -0.15) is 0 Å². The van der Waals surface area contributed by atoms with Gasteiger partial charge < -0.3 is 19.5 Å². The van der Waals surface area contributed by atoms with Gasteiger partial charge in [-0.1, -0.05) is 12.1 Å². The molecule has 0 saturated heterocycles. The van der Waals surface area contributed by atoms with Crippen LogP contribution in [0.25, 0.3) is 0 Å². The van der Waals surface area contributed by atoms with Crippen molar-refractivity contribution in [3.05, 3.63) is 34.7 Å². The Labute approximate surface area is 160 Å². The monoisotopic (exact) mass is 395 g/mol. The van der Waals surface area contributed by atoms with Crippen LogP contribution in [0.15, 0.2) is 28.5 Å². The van der Waals surface area contributed by atoms with Crippen molar-refractivity contribution in [3.63, 3.8) is 0 Å². The summed E-state index contributed by atoms with van der Waals surface area (Å²) < 4.78 is 16.4. The van der Waals surface area contributed by atoms with Crippen LogP contribution in [0.5, 0.6) is 5.75 Å². The van der Waals surface area contributed by atoms with Crippen LogP contribution in [-0.4, -0.2) is 38.5 Å². The summed E-state index contributed by atoms with van der Waals surface area (Å²) in [7, 11) is 1.56. The average Bonchev–Trinajstić information content (AvgIpc) is 3.01. The first kappa shape index (κ1) is 20.1. The predicted octanol–water partition coefficient (Wildman–Crippen LogP) is 4.58. The molecular weight excluding hydrogens is 374 g/mol. The third kappa shape index (κ3) is 4.31. The van der Waals surface area contributed by atoms with Gasteiger partial charge in [-0.3, -0.25) is 0 Å². The van der Waals surface area contributed by atoms with Crippen molar-refractivity contribution in [1.29, 1.82) is 0 Å². The molecule has 2 rings (SSSR count). The zero-order valence-electron chi connectivity index (χ0n) is 15.1. The molecule has 2 aromatic rings. The molecule has 1 aromatic heterocycles. The van der Waals surface area contributed by atoms with Gasteiger partial charge in [-0.15, -0.1) is 23.1 Å². The Morgan fingerprint density at radius 2 is 1.77 bits per heavy atom. The zero-order chi connectivity index (χ0) is 19.1. The van der Waals surface area contributed by atoms with Gasteiger partial charge >= 0.3 is 11.9 Å². The summed E-state index contributed by atoms with van der Waals surface area (Å²) in [4.78, 5) is 25.3. The number of hydrogen-bond donors (Lipinski definition) is 1. The summed E-state index contributed by atoms with van der Waals surface area (Å²) in [6, 6.07) is 7.27. The van der Waals surface area contributed by atoms with Gasteiger partial charge in [0, 0.05) is 0 Å². The smallest absolute Gasteiger partial charge is 0.350 e. The second kappa shape index (κ2) is 9.49. The molecule has 26 heavy (non-hydrogen) atoms. The molecule has 0 spiro atoms. The summed E-state index contributed by atoms with van der Waals surface area (Å²) in [5.74, 6) is -0.379. The number of benzene rings is 1. The van der Waals surface area contributed by atoms with E-state index in [0.717, 1.165) is 0 Å². The van der Waals surface area contributed by atoms with Crippen molar-refractivity contribution in [2.24, 2.45) is 0 Å². The van der Waals surface area contributed by atoms with E-state index >= 15 is 0 Å². The average molecular weight is 396 g/mol. The fourth-order valence-electron chi connectivity index (χ4n) is 2.28. The van der Waals surface area contributed by atoms with Crippen molar-refractivity contribution in [2.75, 3.05) is 31.9 Å². The third-order valence-corrected chi connectivity index (χ3v) is 5.66. The first-order valence-corrected chi connectivity index (χ1v) is 10.1. The molecule has 1 aromatic carbocycles. The lowest BCUT2D eigenvalue weighted by molar-refractivity contribution is 0.0524.